The van der Waals surface area contributed by atoms with E-state index in [4.69, 9.17) is 0 Å². The summed E-state index contributed by atoms with van der Waals surface area (Å²) >= 11 is 3.48. The number of hydrogen-bond acceptors (Lipinski definition) is 1. The average Bonchev–Trinajstić information content (AvgIpc) is 2.49. The fourth-order valence-corrected chi connectivity index (χ4v) is 2.70. The number of carbonyl (C=O) groups is 1. The summed E-state index contributed by atoms with van der Waals surface area (Å²) in [5.74, 6) is 0.141. The van der Waals surface area contributed by atoms with Crippen molar-refractivity contribution in [2.24, 2.45) is 0 Å². The van der Waals surface area contributed by atoms with Crippen molar-refractivity contribution < 1.29 is 4.79 Å². The lowest BCUT2D eigenvalue weighted by Gasteiger charge is -2.05. The molecule has 0 amide bonds. The maximum absolute atomic E-state index is 12.4. The smallest absolute Gasteiger partial charge is 0.167 e. The predicted octanol–water partition coefficient (Wildman–Crippen LogP) is 5.03. The lowest BCUT2D eigenvalue weighted by molar-refractivity contribution is 0.0993. The van der Waals surface area contributed by atoms with Crippen molar-refractivity contribution in [2.45, 2.75) is 6.42 Å². The second kappa shape index (κ2) is 5.59. The summed E-state index contributed by atoms with van der Waals surface area (Å²) in [6, 6.07) is 21.8. The third kappa shape index (κ3) is 2.66. The number of hydrogen-bond donors (Lipinski definition) is 0. The highest BCUT2D eigenvalue weighted by atomic mass is 79.9. The molecule has 2 heteroatoms. The molecule has 0 fully saturated rings. The van der Waals surface area contributed by atoms with Gasteiger partial charge in [0, 0.05) is 16.5 Å². The molecule has 20 heavy (non-hydrogen) atoms. The van der Waals surface area contributed by atoms with Crippen LogP contribution in [0, 0.1) is 0 Å². The van der Waals surface area contributed by atoms with Crippen LogP contribution in [0.1, 0.15) is 15.9 Å². The Labute approximate surface area is 126 Å². The van der Waals surface area contributed by atoms with Crippen LogP contribution in [0.2, 0.25) is 0 Å². The highest BCUT2D eigenvalue weighted by Crippen LogP contribution is 2.20. The maximum atomic E-state index is 12.4. The first-order valence-electron chi connectivity index (χ1n) is 6.49. The van der Waals surface area contributed by atoms with Crippen molar-refractivity contribution in [1.82, 2.24) is 0 Å². The van der Waals surface area contributed by atoms with Gasteiger partial charge >= 0.3 is 0 Å². The standard InChI is InChI=1S/C18H13BrO/c19-17-8-4-3-7-15(17)12-18(20)16-10-9-13-5-1-2-6-14(13)11-16/h1-11H,12H2. The molecular formula is C18H13BrO. The van der Waals surface area contributed by atoms with Gasteiger partial charge in [-0.05, 0) is 28.5 Å². The van der Waals surface area contributed by atoms with Crippen molar-refractivity contribution >= 4 is 32.5 Å². The van der Waals surface area contributed by atoms with Gasteiger partial charge < -0.3 is 0 Å². The highest BCUT2D eigenvalue weighted by molar-refractivity contribution is 9.10. The van der Waals surface area contributed by atoms with Crippen LogP contribution in [-0.2, 0) is 6.42 Å². The molecule has 0 aromatic heterocycles. The molecule has 0 N–H and O–H groups in total. The summed E-state index contributed by atoms with van der Waals surface area (Å²) < 4.78 is 0.981. The van der Waals surface area contributed by atoms with Crippen molar-refractivity contribution in [3.05, 3.63) is 82.3 Å². The molecule has 3 aromatic rings. The third-order valence-corrected chi connectivity index (χ3v) is 4.15. The number of rotatable bonds is 3. The second-order valence-corrected chi connectivity index (χ2v) is 5.61. The summed E-state index contributed by atoms with van der Waals surface area (Å²) in [6.07, 6.45) is 0.416. The lowest BCUT2D eigenvalue weighted by atomic mass is 10.00. The van der Waals surface area contributed by atoms with Crippen LogP contribution in [0.3, 0.4) is 0 Å². The van der Waals surface area contributed by atoms with Crippen LogP contribution < -0.4 is 0 Å². The van der Waals surface area contributed by atoms with Gasteiger partial charge in [-0.1, -0.05) is 70.5 Å². The first-order valence-corrected chi connectivity index (χ1v) is 7.29. The molecule has 0 atom stereocenters. The monoisotopic (exact) mass is 324 g/mol. The average molecular weight is 325 g/mol. The van der Waals surface area contributed by atoms with E-state index in [1.54, 1.807) is 0 Å². The largest absolute Gasteiger partial charge is 0.294 e. The minimum Gasteiger partial charge on any atom is -0.294 e. The number of carbonyl (C=O) groups excluding carboxylic acids is 1. The minimum atomic E-state index is 0.141. The molecule has 0 aliphatic carbocycles. The van der Waals surface area contributed by atoms with E-state index >= 15 is 0 Å². The van der Waals surface area contributed by atoms with Crippen LogP contribution in [0.5, 0.6) is 0 Å². The third-order valence-electron chi connectivity index (χ3n) is 3.38. The number of halogens is 1. The fourth-order valence-electron chi connectivity index (χ4n) is 2.28. The van der Waals surface area contributed by atoms with Gasteiger partial charge in [-0.2, -0.15) is 0 Å². The Bertz CT molecular complexity index is 777. The molecule has 0 aliphatic heterocycles. The first kappa shape index (κ1) is 13.1. The summed E-state index contributed by atoms with van der Waals surface area (Å²) in [7, 11) is 0. The first-order chi connectivity index (χ1) is 9.74. The van der Waals surface area contributed by atoms with Gasteiger partial charge in [0.25, 0.3) is 0 Å². The molecule has 3 aromatic carbocycles. The molecule has 0 saturated carbocycles. The summed E-state index contributed by atoms with van der Waals surface area (Å²) in [4.78, 5) is 12.4. The highest BCUT2D eigenvalue weighted by Gasteiger charge is 2.09. The van der Waals surface area contributed by atoms with E-state index < -0.39 is 0 Å². The van der Waals surface area contributed by atoms with E-state index in [-0.39, 0.29) is 5.78 Å². The Morgan fingerprint density at radius 3 is 2.35 bits per heavy atom. The van der Waals surface area contributed by atoms with Crippen LogP contribution >= 0.6 is 15.9 Å². The van der Waals surface area contributed by atoms with Crippen LogP contribution in [-0.4, -0.2) is 5.78 Å². The van der Waals surface area contributed by atoms with Gasteiger partial charge in [0.15, 0.2) is 5.78 Å². The van der Waals surface area contributed by atoms with Crippen LogP contribution in [0.4, 0.5) is 0 Å². The molecular weight excluding hydrogens is 312 g/mol. The summed E-state index contributed by atoms with van der Waals surface area (Å²) in [5.41, 5.74) is 1.78. The summed E-state index contributed by atoms with van der Waals surface area (Å²) in [6.45, 7) is 0. The Hall–Kier alpha value is -1.93. The van der Waals surface area contributed by atoms with Gasteiger partial charge in [-0.3, -0.25) is 4.79 Å². The maximum Gasteiger partial charge on any atom is 0.167 e. The van der Waals surface area contributed by atoms with Crippen LogP contribution in [0.15, 0.2) is 71.2 Å². The SMILES string of the molecule is O=C(Cc1ccccc1Br)c1ccc2ccccc2c1. The summed E-state index contributed by atoms with van der Waals surface area (Å²) in [5, 5.41) is 2.26. The topological polar surface area (TPSA) is 17.1 Å². The van der Waals surface area contributed by atoms with Gasteiger partial charge in [0.2, 0.25) is 0 Å². The van der Waals surface area contributed by atoms with Crippen molar-refractivity contribution in [3.8, 4) is 0 Å². The van der Waals surface area contributed by atoms with Crippen molar-refractivity contribution in [3.63, 3.8) is 0 Å². The molecule has 0 aliphatic rings. The van der Waals surface area contributed by atoms with E-state index in [1.807, 2.05) is 60.7 Å². The second-order valence-electron chi connectivity index (χ2n) is 4.75. The minimum absolute atomic E-state index is 0.141. The van der Waals surface area contributed by atoms with Crippen LogP contribution in [0.25, 0.3) is 10.8 Å². The zero-order valence-electron chi connectivity index (χ0n) is 10.8. The molecule has 0 radical (unpaired) electrons. The quantitative estimate of drug-likeness (QED) is 0.618. The molecule has 1 nitrogen and oxygen atoms in total. The Morgan fingerprint density at radius 2 is 1.55 bits per heavy atom. The van der Waals surface area contributed by atoms with Gasteiger partial charge in [-0.25, -0.2) is 0 Å². The zero-order valence-corrected chi connectivity index (χ0v) is 12.4. The Kier molecular flexibility index (Phi) is 3.66. The van der Waals surface area contributed by atoms with E-state index in [1.165, 1.54) is 0 Å². The van der Waals surface area contributed by atoms with E-state index in [0.29, 0.717) is 6.42 Å². The number of fused-ring (bicyclic) bond motifs is 1. The number of benzene rings is 3. The Morgan fingerprint density at radius 1 is 0.850 bits per heavy atom. The van der Waals surface area contributed by atoms with Gasteiger partial charge in [0.1, 0.15) is 0 Å². The van der Waals surface area contributed by atoms with Gasteiger partial charge in [0.05, 0.1) is 0 Å². The molecule has 0 heterocycles. The molecule has 3 rings (SSSR count). The van der Waals surface area contributed by atoms with E-state index in [9.17, 15) is 4.79 Å². The number of Topliss-reactive ketones (excluding diaryl/α,β-unsaturated/α-hetero) is 1. The number of ketones is 1. The lowest BCUT2D eigenvalue weighted by Crippen LogP contribution is -2.03. The molecule has 0 bridgehead atoms. The van der Waals surface area contributed by atoms with E-state index in [2.05, 4.69) is 22.0 Å². The fraction of sp³-hybridized carbons (Fsp3) is 0.0556. The molecule has 0 unspecified atom stereocenters. The normalized spacial score (nSPS) is 10.7. The zero-order chi connectivity index (χ0) is 13.9. The van der Waals surface area contributed by atoms with E-state index in [0.717, 1.165) is 26.4 Å². The van der Waals surface area contributed by atoms with Crippen molar-refractivity contribution in [2.75, 3.05) is 0 Å². The molecule has 0 spiro atoms. The Balaban J connectivity index is 1.91. The van der Waals surface area contributed by atoms with Gasteiger partial charge in [-0.15, -0.1) is 0 Å². The molecule has 0 saturated heterocycles. The molecule has 98 valence electrons. The van der Waals surface area contributed by atoms with Crippen molar-refractivity contribution in [1.29, 1.82) is 0 Å². The predicted molar refractivity (Wildman–Crippen MR) is 86.1 cm³/mol.